The van der Waals surface area contributed by atoms with Crippen LogP contribution in [0.5, 0.6) is 0 Å². The lowest BCUT2D eigenvalue weighted by molar-refractivity contribution is 0.0695. The Hall–Kier alpha value is -2.87. The number of aromatic carboxylic acids is 1. The summed E-state index contributed by atoms with van der Waals surface area (Å²) in [4.78, 5) is 23.9. The highest BCUT2D eigenvalue weighted by Crippen LogP contribution is 2.41. The number of nitrogen functional groups attached to an aromatic ring is 1. The van der Waals surface area contributed by atoms with Crippen molar-refractivity contribution >= 4 is 49.9 Å². The van der Waals surface area contributed by atoms with Gasteiger partial charge in [0.1, 0.15) is 17.1 Å². The summed E-state index contributed by atoms with van der Waals surface area (Å²) in [6.45, 7) is 0. The third kappa shape index (κ3) is 3.06. The van der Waals surface area contributed by atoms with Gasteiger partial charge in [-0.05, 0) is 43.2 Å². The molecular formula is C19H15BrFN3O3. The second-order valence-corrected chi connectivity index (χ2v) is 7.41. The van der Waals surface area contributed by atoms with Gasteiger partial charge in [-0.1, -0.05) is 15.9 Å². The predicted molar refractivity (Wildman–Crippen MR) is 105 cm³/mol. The molecule has 0 bridgehead atoms. The van der Waals surface area contributed by atoms with Crippen LogP contribution in [0.1, 0.15) is 29.2 Å². The van der Waals surface area contributed by atoms with Gasteiger partial charge in [0.05, 0.1) is 16.6 Å². The smallest absolute Gasteiger partial charge is 0.341 e. The number of aromatic nitrogens is 1. The van der Waals surface area contributed by atoms with Gasteiger partial charge < -0.3 is 20.7 Å². The number of halogens is 2. The Kier molecular flexibility index (Phi) is 4.15. The minimum atomic E-state index is -1.34. The third-order valence-corrected chi connectivity index (χ3v) is 5.12. The van der Waals surface area contributed by atoms with E-state index in [-0.39, 0.29) is 28.4 Å². The van der Waals surface area contributed by atoms with Gasteiger partial charge in [0.2, 0.25) is 5.43 Å². The van der Waals surface area contributed by atoms with Crippen LogP contribution in [0, 0.1) is 5.82 Å². The van der Waals surface area contributed by atoms with Crippen molar-refractivity contribution in [1.29, 1.82) is 0 Å². The number of carboxylic acid groups (broad SMARTS) is 1. The minimum absolute atomic E-state index is 0.0295. The third-order valence-electron chi connectivity index (χ3n) is 4.59. The highest BCUT2D eigenvalue weighted by Gasteiger charge is 2.29. The maximum atomic E-state index is 14.8. The number of nitrogens with zero attached hydrogens (tertiary/aromatic N) is 1. The zero-order chi connectivity index (χ0) is 19.3. The first kappa shape index (κ1) is 17.5. The molecule has 0 unspecified atom stereocenters. The number of nitrogens with two attached hydrogens (primary N) is 1. The van der Waals surface area contributed by atoms with Crippen LogP contribution >= 0.6 is 15.9 Å². The van der Waals surface area contributed by atoms with E-state index in [0.29, 0.717) is 11.2 Å². The van der Waals surface area contributed by atoms with Crippen molar-refractivity contribution in [3.05, 3.63) is 62.6 Å². The quantitative estimate of drug-likeness (QED) is 0.536. The fourth-order valence-electron chi connectivity index (χ4n) is 3.12. The molecule has 138 valence electrons. The summed E-state index contributed by atoms with van der Waals surface area (Å²) in [5, 5.41) is 12.2. The molecule has 1 aromatic heterocycles. The number of pyridine rings is 1. The zero-order valence-electron chi connectivity index (χ0n) is 14.0. The monoisotopic (exact) mass is 431 g/mol. The van der Waals surface area contributed by atoms with Crippen LogP contribution in [-0.2, 0) is 0 Å². The second kappa shape index (κ2) is 6.38. The van der Waals surface area contributed by atoms with E-state index in [2.05, 4.69) is 21.2 Å². The summed E-state index contributed by atoms with van der Waals surface area (Å²) in [7, 11) is 0. The van der Waals surface area contributed by atoms with Gasteiger partial charge in [0.25, 0.3) is 0 Å². The summed E-state index contributed by atoms with van der Waals surface area (Å²) in [5.41, 5.74) is 6.23. The maximum absolute atomic E-state index is 14.8. The average Bonchev–Trinajstić information content (AvgIpc) is 3.46. The molecule has 3 aromatic rings. The Morgan fingerprint density at radius 1 is 1.30 bits per heavy atom. The SMILES string of the molecule is Nc1c(Nc2ccc(Br)cc2)c(F)cc2c(=O)c(C(=O)O)cn(C3CC3)c12. The molecule has 1 fully saturated rings. The number of carbonyl (C=O) groups is 1. The number of carboxylic acids is 1. The van der Waals surface area contributed by atoms with Crippen LogP contribution in [0.4, 0.5) is 21.5 Å². The van der Waals surface area contributed by atoms with E-state index in [0.717, 1.165) is 23.4 Å². The van der Waals surface area contributed by atoms with Gasteiger partial charge in [-0.3, -0.25) is 4.79 Å². The van der Waals surface area contributed by atoms with Crippen LogP contribution in [0.25, 0.3) is 10.9 Å². The lowest BCUT2D eigenvalue weighted by Crippen LogP contribution is -2.20. The van der Waals surface area contributed by atoms with E-state index >= 15 is 0 Å². The largest absolute Gasteiger partial charge is 0.477 e. The molecule has 0 aliphatic heterocycles. The normalized spacial score (nSPS) is 13.7. The number of nitrogens with one attached hydrogen (secondary N) is 1. The van der Waals surface area contributed by atoms with Crippen LogP contribution in [0.3, 0.4) is 0 Å². The molecule has 0 saturated heterocycles. The topological polar surface area (TPSA) is 97.3 Å². The number of benzene rings is 2. The molecule has 1 heterocycles. The Bertz CT molecular complexity index is 1140. The van der Waals surface area contributed by atoms with Crippen molar-refractivity contribution in [1.82, 2.24) is 4.57 Å². The van der Waals surface area contributed by atoms with Crippen molar-refractivity contribution in [3.8, 4) is 0 Å². The van der Waals surface area contributed by atoms with Gasteiger partial charge in [-0.25, -0.2) is 9.18 Å². The molecule has 0 radical (unpaired) electrons. The first-order valence-corrected chi connectivity index (χ1v) is 9.09. The summed E-state index contributed by atoms with van der Waals surface area (Å²) < 4.78 is 17.3. The molecular weight excluding hydrogens is 417 g/mol. The lowest BCUT2D eigenvalue weighted by Gasteiger charge is -2.17. The van der Waals surface area contributed by atoms with Gasteiger partial charge in [-0.2, -0.15) is 0 Å². The summed E-state index contributed by atoms with van der Waals surface area (Å²) >= 11 is 3.34. The van der Waals surface area contributed by atoms with Gasteiger partial charge in [0.15, 0.2) is 0 Å². The Labute approximate surface area is 161 Å². The summed E-state index contributed by atoms with van der Waals surface area (Å²) in [6.07, 6.45) is 3.01. The van der Waals surface area contributed by atoms with E-state index in [4.69, 9.17) is 5.73 Å². The molecule has 0 atom stereocenters. The highest BCUT2D eigenvalue weighted by atomic mass is 79.9. The minimum Gasteiger partial charge on any atom is -0.477 e. The van der Waals surface area contributed by atoms with E-state index < -0.39 is 17.2 Å². The standard InChI is InChI=1S/C19H15BrFN3O3/c20-9-1-3-10(4-2-9)23-16-14(21)7-12-17(15(16)22)24(11-5-6-11)8-13(18(12)25)19(26)27/h1-4,7-8,11,23H,5-6,22H2,(H,26,27). The molecule has 2 aromatic carbocycles. The molecule has 1 saturated carbocycles. The molecule has 8 heteroatoms. The van der Waals surface area contributed by atoms with Gasteiger partial charge >= 0.3 is 5.97 Å². The number of hydrogen-bond donors (Lipinski definition) is 3. The zero-order valence-corrected chi connectivity index (χ0v) is 15.6. The van der Waals surface area contributed by atoms with E-state index in [1.807, 2.05) is 0 Å². The van der Waals surface area contributed by atoms with Gasteiger partial charge in [0, 0.05) is 22.4 Å². The summed E-state index contributed by atoms with van der Waals surface area (Å²) in [6, 6.07) is 8.23. The molecule has 6 nitrogen and oxygen atoms in total. The van der Waals surface area contributed by atoms with Crippen LogP contribution in [-0.4, -0.2) is 15.6 Å². The summed E-state index contributed by atoms with van der Waals surface area (Å²) in [5.74, 6) is -2.06. The van der Waals surface area contributed by atoms with Crippen molar-refractivity contribution in [2.24, 2.45) is 0 Å². The van der Waals surface area contributed by atoms with E-state index in [9.17, 15) is 19.1 Å². The Morgan fingerprint density at radius 3 is 2.56 bits per heavy atom. The molecule has 4 N–H and O–H groups in total. The number of anilines is 3. The maximum Gasteiger partial charge on any atom is 0.341 e. The molecule has 1 aliphatic rings. The number of rotatable bonds is 4. The first-order chi connectivity index (χ1) is 12.9. The van der Waals surface area contributed by atoms with Crippen molar-refractivity contribution < 1.29 is 14.3 Å². The second-order valence-electron chi connectivity index (χ2n) is 6.49. The molecule has 0 amide bonds. The number of fused-ring (bicyclic) bond motifs is 1. The highest BCUT2D eigenvalue weighted by molar-refractivity contribution is 9.10. The van der Waals surface area contributed by atoms with Crippen molar-refractivity contribution in [2.75, 3.05) is 11.1 Å². The molecule has 0 spiro atoms. The van der Waals surface area contributed by atoms with Crippen molar-refractivity contribution in [2.45, 2.75) is 18.9 Å². The Morgan fingerprint density at radius 2 is 1.96 bits per heavy atom. The van der Waals surface area contributed by atoms with E-state index in [1.165, 1.54) is 6.20 Å². The van der Waals surface area contributed by atoms with Crippen LogP contribution in [0.15, 0.2) is 45.8 Å². The predicted octanol–water partition coefficient (Wildman–Crippen LogP) is 4.26. The first-order valence-electron chi connectivity index (χ1n) is 8.29. The molecule has 27 heavy (non-hydrogen) atoms. The lowest BCUT2D eigenvalue weighted by atomic mass is 10.1. The van der Waals surface area contributed by atoms with Gasteiger partial charge in [-0.15, -0.1) is 0 Å². The van der Waals surface area contributed by atoms with Crippen molar-refractivity contribution in [3.63, 3.8) is 0 Å². The number of hydrogen-bond acceptors (Lipinski definition) is 4. The Balaban J connectivity index is 1.96. The molecule has 4 rings (SSSR count). The van der Waals surface area contributed by atoms with Crippen LogP contribution in [0.2, 0.25) is 0 Å². The average molecular weight is 432 g/mol. The fourth-order valence-corrected chi connectivity index (χ4v) is 3.38. The molecule has 1 aliphatic carbocycles. The fraction of sp³-hybridized carbons (Fsp3) is 0.158. The van der Waals surface area contributed by atoms with E-state index in [1.54, 1.807) is 28.8 Å². The van der Waals surface area contributed by atoms with Crippen LogP contribution < -0.4 is 16.5 Å².